The van der Waals surface area contributed by atoms with E-state index in [-0.39, 0.29) is 12.4 Å². The number of benzene rings is 2. The van der Waals surface area contributed by atoms with Crippen molar-refractivity contribution in [2.75, 3.05) is 0 Å². The minimum Gasteiger partial charge on any atom is -0.486 e. The van der Waals surface area contributed by atoms with Gasteiger partial charge in [-0.25, -0.2) is 8.78 Å². The smallest absolute Gasteiger partial charge is 0.203 e. The second-order valence-electron chi connectivity index (χ2n) is 6.83. The lowest BCUT2D eigenvalue weighted by molar-refractivity contribution is 0.281. The highest BCUT2D eigenvalue weighted by atomic mass is 19.2. The van der Waals surface area contributed by atoms with Gasteiger partial charge >= 0.3 is 0 Å². The number of hydrogen-bond acceptors (Lipinski definition) is 1. The van der Waals surface area contributed by atoms with Crippen molar-refractivity contribution in [2.24, 2.45) is 5.92 Å². The highest BCUT2D eigenvalue weighted by Gasteiger charge is 2.21. The highest BCUT2D eigenvalue weighted by molar-refractivity contribution is 5.28. The maximum atomic E-state index is 13.6. The van der Waals surface area contributed by atoms with Gasteiger partial charge < -0.3 is 4.74 Å². The molecule has 134 valence electrons. The van der Waals surface area contributed by atoms with Crippen LogP contribution in [-0.4, -0.2) is 0 Å². The van der Waals surface area contributed by atoms with E-state index in [9.17, 15) is 13.2 Å². The Kier molecular flexibility index (Phi) is 5.67. The average Bonchev–Trinajstić information content (AvgIpc) is 2.66. The summed E-state index contributed by atoms with van der Waals surface area (Å²) in [5.41, 5.74) is 2.20. The molecule has 1 aliphatic carbocycles. The molecular weight excluding hydrogens is 325 g/mol. The summed E-state index contributed by atoms with van der Waals surface area (Å²) in [5, 5.41) is 0. The minimum absolute atomic E-state index is 0.116. The topological polar surface area (TPSA) is 9.23 Å². The third-order valence-electron chi connectivity index (χ3n) is 5.27. The normalized spacial score (nSPS) is 20.5. The summed E-state index contributed by atoms with van der Waals surface area (Å²) in [6, 6.07) is 10.1. The Hall–Kier alpha value is -1.97. The fraction of sp³-hybridized carbons (Fsp3) is 0.429. The van der Waals surface area contributed by atoms with Crippen LogP contribution in [-0.2, 0) is 6.61 Å². The molecule has 1 aliphatic rings. The van der Waals surface area contributed by atoms with E-state index in [1.807, 2.05) is 12.1 Å². The van der Waals surface area contributed by atoms with E-state index >= 15 is 0 Å². The van der Waals surface area contributed by atoms with E-state index < -0.39 is 17.5 Å². The Balaban J connectivity index is 1.59. The number of rotatable bonds is 5. The predicted octanol–water partition coefficient (Wildman–Crippen LogP) is 6.37. The van der Waals surface area contributed by atoms with Crippen LogP contribution in [0.25, 0.3) is 0 Å². The van der Waals surface area contributed by atoms with Gasteiger partial charge in [-0.1, -0.05) is 37.6 Å². The Morgan fingerprint density at radius 3 is 2.20 bits per heavy atom. The van der Waals surface area contributed by atoms with Crippen LogP contribution in [0.1, 0.15) is 56.1 Å². The molecule has 0 amide bonds. The molecular formula is C21H23F3O. The maximum Gasteiger partial charge on any atom is 0.203 e. The molecule has 0 saturated heterocycles. The third kappa shape index (κ3) is 4.17. The van der Waals surface area contributed by atoms with Gasteiger partial charge in [0, 0.05) is 0 Å². The Morgan fingerprint density at radius 1 is 0.880 bits per heavy atom. The number of ether oxygens (including phenoxy) is 1. The zero-order valence-corrected chi connectivity index (χ0v) is 14.4. The molecule has 0 N–H and O–H groups in total. The summed E-state index contributed by atoms with van der Waals surface area (Å²) >= 11 is 0. The van der Waals surface area contributed by atoms with Gasteiger partial charge in [-0.15, -0.1) is 0 Å². The maximum absolute atomic E-state index is 13.6. The molecule has 0 heterocycles. The van der Waals surface area contributed by atoms with Gasteiger partial charge in [-0.05, 0) is 60.8 Å². The van der Waals surface area contributed by atoms with Gasteiger partial charge in [-0.3, -0.25) is 0 Å². The molecule has 1 fully saturated rings. The average molecular weight is 348 g/mol. The molecule has 0 radical (unpaired) electrons. The zero-order chi connectivity index (χ0) is 17.8. The van der Waals surface area contributed by atoms with Gasteiger partial charge in [0.05, 0.1) is 0 Å². The molecule has 3 rings (SSSR count). The van der Waals surface area contributed by atoms with Crippen LogP contribution in [0, 0.1) is 23.4 Å². The molecule has 0 spiro atoms. The van der Waals surface area contributed by atoms with Crippen molar-refractivity contribution in [3.05, 3.63) is 65.0 Å². The van der Waals surface area contributed by atoms with Crippen LogP contribution >= 0.6 is 0 Å². The molecule has 0 aromatic heterocycles. The predicted molar refractivity (Wildman–Crippen MR) is 92.1 cm³/mol. The number of halogens is 3. The largest absolute Gasteiger partial charge is 0.486 e. The van der Waals surface area contributed by atoms with E-state index in [2.05, 4.69) is 19.1 Å². The summed E-state index contributed by atoms with van der Waals surface area (Å²) in [5.74, 6) is -2.80. The quantitative estimate of drug-likeness (QED) is 0.571. The fourth-order valence-corrected chi connectivity index (χ4v) is 3.57. The van der Waals surface area contributed by atoms with E-state index in [1.165, 1.54) is 37.7 Å². The van der Waals surface area contributed by atoms with Crippen LogP contribution < -0.4 is 4.74 Å². The first-order valence-corrected chi connectivity index (χ1v) is 8.93. The van der Waals surface area contributed by atoms with E-state index in [0.717, 1.165) is 23.6 Å². The zero-order valence-electron chi connectivity index (χ0n) is 14.4. The van der Waals surface area contributed by atoms with Crippen LogP contribution in [0.3, 0.4) is 0 Å². The second kappa shape index (κ2) is 7.94. The molecule has 1 nitrogen and oxygen atoms in total. The lowest BCUT2D eigenvalue weighted by atomic mass is 9.78. The summed E-state index contributed by atoms with van der Waals surface area (Å²) < 4.78 is 45.0. The van der Waals surface area contributed by atoms with Crippen LogP contribution in [0.2, 0.25) is 0 Å². The third-order valence-corrected chi connectivity index (χ3v) is 5.27. The van der Waals surface area contributed by atoms with Gasteiger partial charge in [0.1, 0.15) is 6.61 Å². The van der Waals surface area contributed by atoms with Crippen molar-refractivity contribution in [3.8, 4) is 5.75 Å². The fourth-order valence-electron chi connectivity index (χ4n) is 3.57. The van der Waals surface area contributed by atoms with Crippen molar-refractivity contribution in [2.45, 2.75) is 51.6 Å². The van der Waals surface area contributed by atoms with E-state index in [0.29, 0.717) is 5.92 Å². The van der Waals surface area contributed by atoms with Crippen molar-refractivity contribution < 1.29 is 17.9 Å². The lowest BCUT2D eigenvalue weighted by Crippen LogP contribution is -2.12. The SMILES string of the molecule is CCC1CCC(c2ccc(COc3ccc(F)c(F)c3F)cc2)CC1. The molecule has 25 heavy (non-hydrogen) atoms. The molecule has 2 aromatic carbocycles. The Bertz CT molecular complexity index is 704. The highest BCUT2D eigenvalue weighted by Crippen LogP contribution is 2.37. The first-order valence-electron chi connectivity index (χ1n) is 8.93. The van der Waals surface area contributed by atoms with Gasteiger partial charge in [0.2, 0.25) is 5.82 Å². The Labute approximate surface area is 146 Å². The standard InChI is InChI=1S/C21H23F3O/c1-2-14-3-7-16(8-4-14)17-9-5-15(6-10-17)13-25-19-12-11-18(22)20(23)21(19)24/h5-6,9-12,14,16H,2-4,7-8,13H2,1H3. The van der Waals surface area contributed by atoms with Crippen molar-refractivity contribution >= 4 is 0 Å². The molecule has 0 bridgehead atoms. The van der Waals surface area contributed by atoms with E-state index in [4.69, 9.17) is 4.74 Å². The van der Waals surface area contributed by atoms with Gasteiger partial charge in [-0.2, -0.15) is 4.39 Å². The molecule has 4 heteroatoms. The van der Waals surface area contributed by atoms with E-state index in [1.54, 1.807) is 0 Å². The van der Waals surface area contributed by atoms with Crippen molar-refractivity contribution in [1.29, 1.82) is 0 Å². The lowest BCUT2D eigenvalue weighted by Gasteiger charge is -2.28. The second-order valence-corrected chi connectivity index (χ2v) is 6.83. The first kappa shape index (κ1) is 17.8. The monoisotopic (exact) mass is 348 g/mol. The van der Waals surface area contributed by atoms with Gasteiger partial charge in [0.15, 0.2) is 17.4 Å². The molecule has 0 unspecified atom stereocenters. The van der Waals surface area contributed by atoms with Crippen LogP contribution in [0.5, 0.6) is 5.75 Å². The molecule has 0 aliphatic heterocycles. The van der Waals surface area contributed by atoms with Gasteiger partial charge in [0.25, 0.3) is 0 Å². The van der Waals surface area contributed by atoms with Crippen molar-refractivity contribution in [3.63, 3.8) is 0 Å². The summed E-state index contributed by atoms with van der Waals surface area (Å²) in [6.45, 7) is 2.38. The molecule has 2 aromatic rings. The number of hydrogen-bond donors (Lipinski definition) is 0. The summed E-state index contributed by atoms with van der Waals surface area (Å²) in [4.78, 5) is 0. The molecule has 1 saturated carbocycles. The summed E-state index contributed by atoms with van der Waals surface area (Å²) in [6.07, 6.45) is 6.31. The molecule has 0 atom stereocenters. The van der Waals surface area contributed by atoms with Crippen molar-refractivity contribution in [1.82, 2.24) is 0 Å². The van der Waals surface area contributed by atoms with Crippen LogP contribution in [0.4, 0.5) is 13.2 Å². The first-order chi connectivity index (χ1) is 12.1. The summed E-state index contributed by atoms with van der Waals surface area (Å²) in [7, 11) is 0. The minimum atomic E-state index is -1.50. The Morgan fingerprint density at radius 2 is 1.56 bits per heavy atom. The van der Waals surface area contributed by atoms with Crippen LogP contribution in [0.15, 0.2) is 36.4 Å².